The van der Waals surface area contributed by atoms with Gasteiger partial charge in [-0.1, -0.05) is 15.9 Å². The number of carboxylic acid groups (broad SMARTS) is 1. The van der Waals surface area contributed by atoms with Crippen molar-refractivity contribution >= 4 is 39.6 Å². The van der Waals surface area contributed by atoms with E-state index >= 15 is 0 Å². The summed E-state index contributed by atoms with van der Waals surface area (Å²) >= 11 is 4.89. The Labute approximate surface area is 137 Å². The number of nitrogens with zero attached hydrogens (tertiary/aromatic N) is 1. The number of aliphatic carboxylic acids is 1. The summed E-state index contributed by atoms with van der Waals surface area (Å²) in [7, 11) is 0. The van der Waals surface area contributed by atoms with E-state index in [9.17, 15) is 14.7 Å². The zero-order valence-corrected chi connectivity index (χ0v) is 14.2. The smallest absolute Gasteiger partial charge is 0.309 e. The van der Waals surface area contributed by atoms with Gasteiger partial charge in [0.1, 0.15) is 0 Å². The van der Waals surface area contributed by atoms with Crippen LogP contribution in [-0.2, 0) is 9.59 Å². The minimum absolute atomic E-state index is 0.0790. The second-order valence-electron chi connectivity index (χ2n) is 5.49. The summed E-state index contributed by atoms with van der Waals surface area (Å²) < 4.78 is 1.02. The van der Waals surface area contributed by atoms with E-state index in [0.717, 1.165) is 9.37 Å². The summed E-state index contributed by atoms with van der Waals surface area (Å²) in [6, 6.07) is 7.84. The number of piperidine rings is 1. The van der Waals surface area contributed by atoms with E-state index in [4.69, 9.17) is 0 Å². The highest BCUT2D eigenvalue weighted by Gasteiger charge is 2.37. The minimum Gasteiger partial charge on any atom is -0.481 e. The molecule has 21 heavy (non-hydrogen) atoms. The highest BCUT2D eigenvalue weighted by Crippen LogP contribution is 2.31. The molecule has 1 N–H and O–H groups in total. The Morgan fingerprint density at radius 2 is 1.86 bits per heavy atom. The van der Waals surface area contributed by atoms with Crippen molar-refractivity contribution in [3.8, 4) is 0 Å². The van der Waals surface area contributed by atoms with Gasteiger partial charge in [0.2, 0.25) is 5.91 Å². The Kier molecular flexibility index (Phi) is 5.32. The molecule has 0 aliphatic carbocycles. The summed E-state index contributed by atoms with van der Waals surface area (Å²) in [5.41, 5.74) is -0.685. The first-order valence-corrected chi connectivity index (χ1v) is 8.58. The number of amides is 1. The van der Waals surface area contributed by atoms with E-state index in [1.165, 1.54) is 11.8 Å². The van der Waals surface area contributed by atoms with Gasteiger partial charge >= 0.3 is 5.97 Å². The Morgan fingerprint density at radius 3 is 2.38 bits per heavy atom. The molecular formula is C15H18BrNO3S. The second kappa shape index (κ2) is 6.83. The van der Waals surface area contributed by atoms with Crippen molar-refractivity contribution in [1.82, 2.24) is 4.90 Å². The van der Waals surface area contributed by atoms with E-state index in [-0.39, 0.29) is 5.91 Å². The van der Waals surface area contributed by atoms with Crippen LogP contribution in [0.1, 0.15) is 19.8 Å². The predicted octanol–water partition coefficient (Wildman–Crippen LogP) is 3.25. The van der Waals surface area contributed by atoms with E-state index in [2.05, 4.69) is 15.9 Å². The lowest BCUT2D eigenvalue weighted by molar-refractivity contribution is -0.152. The van der Waals surface area contributed by atoms with Gasteiger partial charge in [0.15, 0.2) is 0 Å². The molecule has 1 aliphatic heterocycles. The number of benzene rings is 1. The van der Waals surface area contributed by atoms with E-state index in [0.29, 0.717) is 31.7 Å². The fourth-order valence-electron chi connectivity index (χ4n) is 2.23. The van der Waals surface area contributed by atoms with Crippen LogP contribution in [0.2, 0.25) is 0 Å². The molecule has 4 nitrogen and oxygen atoms in total. The summed E-state index contributed by atoms with van der Waals surface area (Å²) in [5, 5.41) is 9.19. The Balaban J connectivity index is 1.82. The molecule has 1 fully saturated rings. The fourth-order valence-corrected chi connectivity index (χ4v) is 3.30. The molecule has 0 atom stereocenters. The number of carbonyl (C=O) groups is 2. The van der Waals surface area contributed by atoms with Gasteiger partial charge in [-0.3, -0.25) is 9.59 Å². The van der Waals surface area contributed by atoms with Crippen molar-refractivity contribution < 1.29 is 14.7 Å². The lowest BCUT2D eigenvalue weighted by Crippen LogP contribution is -2.45. The van der Waals surface area contributed by atoms with Crippen molar-refractivity contribution in [2.45, 2.75) is 24.7 Å². The maximum atomic E-state index is 12.2. The minimum atomic E-state index is -0.765. The van der Waals surface area contributed by atoms with E-state index in [1.54, 1.807) is 11.8 Å². The second-order valence-corrected chi connectivity index (χ2v) is 7.45. The number of thioether (sulfide) groups is 1. The van der Waals surface area contributed by atoms with Crippen LogP contribution < -0.4 is 0 Å². The normalized spacial score (nSPS) is 17.5. The molecule has 0 radical (unpaired) electrons. The van der Waals surface area contributed by atoms with Crippen molar-refractivity contribution in [2.75, 3.05) is 18.8 Å². The third-order valence-electron chi connectivity index (χ3n) is 3.91. The number of hydrogen-bond acceptors (Lipinski definition) is 3. The van der Waals surface area contributed by atoms with Crippen LogP contribution in [0, 0.1) is 5.41 Å². The zero-order chi connectivity index (χ0) is 15.5. The summed E-state index contributed by atoms with van der Waals surface area (Å²) in [4.78, 5) is 26.2. The highest BCUT2D eigenvalue weighted by molar-refractivity contribution is 9.10. The number of hydrogen-bond donors (Lipinski definition) is 1. The summed E-state index contributed by atoms with van der Waals surface area (Å²) in [6.45, 7) is 2.82. The molecule has 114 valence electrons. The van der Waals surface area contributed by atoms with Gasteiger partial charge in [0.25, 0.3) is 0 Å². The first kappa shape index (κ1) is 16.4. The topological polar surface area (TPSA) is 57.6 Å². The van der Waals surface area contributed by atoms with E-state index in [1.807, 2.05) is 24.3 Å². The largest absolute Gasteiger partial charge is 0.481 e. The number of rotatable bonds is 4. The molecule has 0 spiro atoms. The highest BCUT2D eigenvalue weighted by atomic mass is 79.9. The molecule has 0 bridgehead atoms. The molecule has 6 heteroatoms. The van der Waals surface area contributed by atoms with Crippen LogP contribution in [-0.4, -0.2) is 40.7 Å². The first-order valence-electron chi connectivity index (χ1n) is 6.80. The third-order valence-corrected chi connectivity index (χ3v) is 5.44. The molecule has 1 aromatic rings. The molecule has 0 aromatic heterocycles. The maximum absolute atomic E-state index is 12.2. The predicted molar refractivity (Wildman–Crippen MR) is 86.4 cm³/mol. The van der Waals surface area contributed by atoms with Crippen LogP contribution in [0.15, 0.2) is 33.6 Å². The summed E-state index contributed by atoms with van der Waals surface area (Å²) in [5.74, 6) is -0.292. The fraction of sp³-hybridized carbons (Fsp3) is 0.467. The standard InChI is InChI=1S/C15H18BrNO3S/c1-15(14(19)20)6-8-17(9-7-15)13(18)10-21-12-4-2-11(16)3-5-12/h2-5H,6-10H2,1H3,(H,19,20). The van der Waals surface area contributed by atoms with Crippen LogP contribution in [0.25, 0.3) is 0 Å². The van der Waals surface area contributed by atoms with Crippen LogP contribution in [0.5, 0.6) is 0 Å². The number of carboxylic acids is 1. The Hall–Kier alpha value is -1.01. The molecule has 1 saturated heterocycles. The molecule has 1 aliphatic rings. The molecule has 0 saturated carbocycles. The first-order chi connectivity index (χ1) is 9.90. The maximum Gasteiger partial charge on any atom is 0.309 e. The van der Waals surface area contributed by atoms with Gasteiger partial charge in [0, 0.05) is 22.5 Å². The van der Waals surface area contributed by atoms with E-state index < -0.39 is 11.4 Å². The van der Waals surface area contributed by atoms with Gasteiger partial charge in [-0.2, -0.15) is 0 Å². The number of likely N-dealkylation sites (tertiary alicyclic amines) is 1. The monoisotopic (exact) mass is 371 g/mol. The number of halogens is 1. The van der Waals surface area contributed by atoms with Crippen LogP contribution in [0.4, 0.5) is 0 Å². The molecule has 0 unspecified atom stereocenters. The Morgan fingerprint density at radius 1 is 1.29 bits per heavy atom. The van der Waals surface area contributed by atoms with Crippen LogP contribution >= 0.6 is 27.7 Å². The van der Waals surface area contributed by atoms with Crippen molar-refractivity contribution in [3.05, 3.63) is 28.7 Å². The van der Waals surface area contributed by atoms with Gasteiger partial charge in [-0.25, -0.2) is 0 Å². The molecular weight excluding hydrogens is 354 g/mol. The molecule has 1 heterocycles. The van der Waals surface area contributed by atoms with Gasteiger partial charge in [-0.05, 0) is 44.0 Å². The lowest BCUT2D eigenvalue weighted by Gasteiger charge is -2.36. The van der Waals surface area contributed by atoms with Gasteiger partial charge in [-0.15, -0.1) is 11.8 Å². The zero-order valence-electron chi connectivity index (χ0n) is 11.8. The van der Waals surface area contributed by atoms with Crippen molar-refractivity contribution in [3.63, 3.8) is 0 Å². The molecule has 1 aromatic carbocycles. The van der Waals surface area contributed by atoms with Gasteiger partial charge < -0.3 is 10.0 Å². The average Bonchev–Trinajstić information content (AvgIpc) is 2.47. The quantitative estimate of drug-likeness (QED) is 0.825. The summed E-state index contributed by atoms with van der Waals surface area (Å²) in [6.07, 6.45) is 1.05. The third kappa shape index (κ3) is 4.23. The van der Waals surface area contributed by atoms with Crippen LogP contribution in [0.3, 0.4) is 0 Å². The van der Waals surface area contributed by atoms with Crippen molar-refractivity contribution in [2.24, 2.45) is 5.41 Å². The molecule has 1 amide bonds. The SMILES string of the molecule is CC1(C(=O)O)CCN(C(=O)CSc2ccc(Br)cc2)CC1. The molecule has 2 rings (SSSR count). The Bertz CT molecular complexity index is 524. The van der Waals surface area contributed by atoms with Gasteiger partial charge in [0.05, 0.1) is 11.2 Å². The number of carbonyl (C=O) groups excluding carboxylic acids is 1. The van der Waals surface area contributed by atoms with Crippen molar-refractivity contribution in [1.29, 1.82) is 0 Å². The average molecular weight is 372 g/mol. The lowest BCUT2D eigenvalue weighted by atomic mass is 9.80.